The molecule has 3 aliphatic rings. The van der Waals surface area contributed by atoms with Crippen LogP contribution in [0.15, 0.2) is 47.2 Å². The summed E-state index contributed by atoms with van der Waals surface area (Å²) in [5, 5.41) is 44.6. The predicted molar refractivity (Wildman–Crippen MR) is 160 cm³/mol. The van der Waals surface area contributed by atoms with E-state index < -0.39 is 30.3 Å². The summed E-state index contributed by atoms with van der Waals surface area (Å²) in [5.41, 5.74) is 4.01. The van der Waals surface area contributed by atoms with E-state index in [4.69, 9.17) is 4.74 Å². The van der Waals surface area contributed by atoms with Gasteiger partial charge in [0.1, 0.15) is 23.4 Å². The minimum Gasteiger partial charge on any atom is -0.507 e. The lowest BCUT2D eigenvalue weighted by atomic mass is 9.73. The van der Waals surface area contributed by atoms with Crippen LogP contribution in [-0.4, -0.2) is 62.3 Å². The number of hydrogen-bond acceptors (Lipinski definition) is 7. The van der Waals surface area contributed by atoms with E-state index in [0.717, 1.165) is 49.7 Å². The van der Waals surface area contributed by atoms with Crippen molar-refractivity contribution in [2.24, 2.45) is 17.8 Å². The van der Waals surface area contributed by atoms with Crippen molar-refractivity contribution in [3.05, 3.63) is 58.3 Å². The van der Waals surface area contributed by atoms with Gasteiger partial charge in [-0.2, -0.15) is 0 Å². The number of phenols is 1. The normalized spacial score (nSPS) is 27.6. The van der Waals surface area contributed by atoms with E-state index in [9.17, 15) is 30.0 Å². The van der Waals surface area contributed by atoms with Crippen LogP contribution in [0.5, 0.6) is 11.5 Å². The molecule has 1 aliphatic carbocycles. The number of nitrogens with zero attached hydrogens (tertiary/aromatic N) is 1. The van der Waals surface area contributed by atoms with Gasteiger partial charge in [0.05, 0.1) is 12.0 Å². The number of aliphatic hydroxyl groups excluding tert-OH is 2. The van der Waals surface area contributed by atoms with E-state index >= 15 is 0 Å². The van der Waals surface area contributed by atoms with E-state index in [-0.39, 0.29) is 47.5 Å². The van der Waals surface area contributed by atoms with Crippen LogP contribution in [0.1, 0.15) is 83.8 Å². The number of nitrogens with one attached hydrogen (secondary N) is 1. The Labute approximate surface area is 248 Å². The number of phenolic OH excluding ortho intramolecular Hbond substituents is 1. The molecule has 4 rings (SSSR count). The number of benzene rings is 1. The first-order chi connectivity index (χ1) is 19.9. The van der Waals surface area contributed by atoms with Crippen LogP contribution in [0.2, 0.25) is 0 Å². The van der Waals surface area contributed by atoms with Crippen LogP contribution < -0.4 is 10.1 Å². The number of aryl methyl sites for hydroxylation is 1. The number of carboxylic acid groups (broad SMARTS) is 1. The second kappa shape index (κ2) is 12.9. The van der Waals surface area contributed by atoms with Crippen molar-refractivity contribution >= 4 is 12.1 Å². The van der Waals surface area contributed by atoms with Gasteiger partial charge in [0.15, 0.2) is 0 Å². The molecular formula is C33H46N2O7. The molecule has 1 amide bonds. The van der Waals surface area contributed by atoms with Gasteiger partial charge in [0.2, 0.25) is 0 Å². The molecule has 0 bridgehead atoms. The topological polar surface area (TPSA) is 140 Å². The Morgan fingerprint density at radius 3 is 2.60 bits per heavy atom. The Morgan fingerprint density at radius 2 is 1.98 bits per heavy atom. The van der Waals surface area contributed by atoms with Gasteiger partial charge in [-0.1, -0.05) is 50.5 Å². The Hall–Kier alpha value is -3.30. The minimum absolute atomic E-state index is 0.0550. The average molecular weight is 583 g/mol. The Morgan fingerprint density at radius 1 is 1.26 bits per heavy atom. The molecule has 2 aliphatic heterocycles. The number of carbonyl (C=O) groups is 2. The van der Waals surface area contributed by atoms with E-state index in [0.29, 0.717) is 11.1 Å². The van der Waals surface area contributed by atoms with Crippen molar-refractivity contribution in [3.63, 3.8) is 0 Å². The number of ether oxygens (including phenoxy) is 1. The average Bonchev–Trinajstić information content (AvgIpc) is 3.15. The van der Waals surface area contributed by atoms with Gasteiger partial charge in [0.25, 0.3) is 0 Å². The smallest absolute Gasteiger partial charge is 0.412 e. The summed E-state index contributed by atoms with van der Waals surface area (Å²) in [5.74, 6) is -1.77. The molecule has 2 heterocycles. The van der Waals surface area contributed by atoms with E-state index in [1.807, 2.05) is 19.9 Å². The van der Waals surface area contributed by atoms with Crippen LogP contribution in [0, 0.1) is 17.8 Å². The summed E-state index contributed by atoms with van der Waals surface area (Å²) in [6.45, 7) is 13.7. The fraction of sp³-hybridized carbons (Fsp3) is 0.576. The van der Waals surface area contributed by atoms with Gasteiger partial charge in [-0.25, -0.2) is 9.59 Å². The summed E-state index contributed by atoms with van der Waals surface area (Å²) in [7, 11) is 0. The number of aromatic hydroxyl groups is 1. The van der Waals surface area contributed by atoms with Crippen molar-refractivity contribution in [2.45, 2.75) is 97.4 Å². The standard InChI is InChI=1S/C33H46N2O7/c1-7-8-9-10-21-14-25(37)28(23-13-18(4)11-12-22(23)17(2)3)26(15-21)42-33(41)34-16-24-19(5)29-27(20(6)36)31(38)35(29)30(24)32(39)40/h13-15,19-20,22-23,27,29,31,36-38H,2,7-12,16H2,1,3-6H3,(H,34,41)(H,39,40)/t19-,20+,22-,23+,27+,29?,31?/m0/s1. The molecule has 0 saturated carbocycles. The van der Waals surface area contributed by atoms with Crippen molar-refractivity contribution < 1.29 is 34.8 Å². The minimum atomic E-state index is -1.20. The Kier molecular flexibility index (Phi) is 9.73. The summed E-state index contributed by atoms with van der Waals surface area (Å²) in [6, 6.07) is 3.22. The van der Waals surface area contributed by atoms with Gasteiger partial charge in [0, 0.05) is 30.0 Å². The molecule has 0 radical (unpaired) electrons. The predicted octanol–water partition coefficient (Wildman–Crippen LogP) is 5.22. The molecule has 7 atom stereocenters. The third-order valence-corrected chi connectivity index (χ3v) is 9.32. The third kappa shape index (κ3) is 6.08. The highest BCUT2D eigenvalue weighted by Gasteiger charge is 2.59. The number of allylic oxidation sites excluding steroid dienone is 3. The largest absolute Gasteiger partial charge is 0.507 e. The molecule has 1 aromatic carbocycles. The van der Waals surface area contributed by atoms with Crippen LogP contribution in [0.3, 0.4) is 0 Å². The highest BCUT2D eigenvalue weighted by Crippen LogP contribution is 2.50. The lowest BCUT2D eigenvalue weighted by Crippen LogP contribution is -2.66. The zero-order valence-corrected chi connectivity index (χ0v) is 25.4. The summed E-state index contributed by atoms with van der Waals surface area (Å²) < 4.78 is 5.89. The first-order valence-corrected chi connectivity index (χ1v) is 15.1. The molecular weight excluding hydrogens is 536 g/mol. The van der Waals surface area contributed by atoms with Gasteiger partial charge in [-0.3, -0.25) is 0 Å². The summed E-state index contributed by atoms with van der Waals surface area (Å²) in [4.78, 5) is 26.8. The molecule has 1 saturated heterocycles. The van der Waals surface area contributed by atoms with E-state index in [1.165, 1.54) is 10.5 Å². The third-order valence-electron chi connectivity index (χ3n) is 9.32. The van der Waals surface area contributed by atoms with Crippen LogP contribution in [0.25, 0.3) is 0 Å². The van der Waals surface area contributed by atoms with Gasteiger partial charge in [-0.15, -0.1) is 0 Å². The number of hydrogen-bond donors (Lipinski definition) is 5. The number of carboxylic acids is 1. The summed E-state index contributed by atoms with van der Waals surface area (Å²) >= 11 is 0. The number of carbonyl (C=O) groups excluding carboxylic acids is 1. The number of aliphatic hydroxyl groups is 2. The molecule has 5 N–H and O–H groups in total. The number of fused-ring (bicyclic) bond motifs is 1. The maximum Gasteiger partial charge on any atom is 0.412 e. The highest BCUT2D eigenvalue weighted by atomic mass is 16.6. The van der Waals surface area contributed by atoms with Crippen molar-refractivity contribution in [1.82, 2.24) is 10.2 Å². The Bertz CT molecular complexity index is 1280. The zero-order valence-electron chi connectivity index (χ0n) is 25.4. The van der Waals surface area contributed by atoms with Crippen molar-refractivity contribution in [2.75, 3.05) is 6.54 Å². The quantitative estimate of drug-likeness (QED) is 0.177. The number of unbranched alkanes of at least 4 members (excludes halogenated alkanes) is 2. The Balaban J connectivity index is 1.61. The van der Waals surface area contributed by atoms with Crippen LogP contribution >= 0.6 is 0 Å². The molecule has 0 spiro atoms. The monoisotopic (exact) mass is 582 g/mol. The van der Waals surface area contributed by atoms with Crippen molar-refractivity contribution in [1.29, 1.82) is 0 Å². The number of rotatable bonds is 11. The zero-order chi connectivity index (χ0) is 30.9. The van der Waals surface area contributed by atoms with Gasteiger partial charge < -0.3 is 35.4 Å². The molecule has 1 fully saturated rings. The SMILES string of the molecule is C=C(C)[C@@H]1CCC(C)=C[C@H]1c1c(O)cc(CCCCC)cc1OC(=O)NCC1=C(C(=O)O)N2C(O)[C@H]([C@@H](C)O)C2[C@H]1C. The van der Waals surface area contributed by atoms with Crippen molar-refractivity contribution in [3.8, 4) is 11.5 Å². The van der Waals surface area contributed by atoms with E-state index in [2.05, 4.69) is 31.8 Å². The first-order valence-electron chi connectivity index (χ1n) is 15.1. The fourth-order valence-corrected chi connectivity index (χ4v) is 7.11. The molecule has 42 heavy (non-hydrogen) atoms. The van der Waals surface area contributed by atoms with Crippen LogP contribution in [0.4, 0.5) is 4.79 Å². The second-order valence-corrected chi connectivity index (χ2v) is 12.4. The number of aliphatic carboxylic acids is 1. The lowest BCUT2D eigenvalue weighted by Gasteiger charge is -2.53. The molecule has 230 valence electrons. The highest BCUT2D eigenvalue weighted by molar-refractivity contribution is 5.88. The maximum atomic E-state index is 13.2. The lowest BCUT2D eigenvalue weighted by molar-refractivity contribution is -0.192. The molecule has 0 aromatic heterocycles. The molecule has 9 nitrogen and oxygen atoms in total. The van der Waals surface area contributed by atoms with Gasteiger partial charge >= 0.3 is 12.1 Å². The number of amides is 1. The molecule has 2 unspecified atom stereocenters. The van der Waals surface area contributed by atoms with E-state index in [1.54, 1.807) is 13.0 Å². The van der Waals surface area contributed by atoms with Crippen LogP contribution in [-0.2, 0) is 11.2 Å². The van der Waals surface area contributed by atoms with Gasteiger partial charge in [-0.05, 0) is 75.6 Å². The fourth-order valence-electron chi connectivity index (χ4n) is 7.11. The summed E-state index contributed by atoms with van der Waals surface area (Å²) in [6.07, 6.45) is 5.03. The molecule has 1 aromatic rings. The maximum absolute atomic E-state index is 13.2. The molecule has 9 heteroatoms. The first kappa shape index (κ1) is 31.6. The second-order valence-electron chi connectivity index (χ2n) is 12.4.